The largest absolute Gasteiger partial charge is 0.330 e. The molecule has 1 amide bonds. The minimum absolute atomic E-state index is 0.231. The van der Waals surface area contributed by atoms with Gasteiger partial charge >= 0.3 is 0 Å². The van der Waals surface area contributed by atoms with Gasteiger partial charge < -0.3 is 5.32 Å². The fourth-order valence-corrected chi connectivity index (χ4v) is 1.77. The quantitative estimate of drug-likeness (QED) is 0.549. The van der Waals surface area contributed by atoms with E-state index in [4.69, 9.17) is 23.8 Å². The minimum atomic E-state index is -0.231. The number of carbonyl (C=O) groups is 1. The van der Waals surface area contributed by atoms with Crippen LogP contribution in [0.25, 0.3) is 0 Å². The van der Waals surface area contributed by atoms with Crippen LogP contribution in [-0.4, -0.2) is 11.0 Å². The van der Waals surface area contributed by atoms with Gasteiger partial charge in [0.25, 0.3) is 0 Å². The lowest BCUT2D eigenvalue weighted by Crippen LogP contribution is -2.42. The van der Waals surface area contributed by atoms with Gasteiger partial charge in [0.2, 0.25) is 5.91 Å². The van der Waals surface area contributed by atoms with Crippen molar-refractivity contribution in [3.05, 3.63) is 27.7 Å². The van der Waals surface area contributed by atoms with Gasteiger partial charge in [-0.25, -0.2) is 0 Å². The average molecular weight is 323 g/mol. The SMILES string of the molecule is CC(=O)NNC(=S)Nc1ccc(Br)cc1Cl. The first-order valence-corrected chi connectivity index (χ1v) is 5.85. The molecular formula is C9H9BrClN3OS. The molecule has 0 aliphatic heterocycles. The molecule has 1 aromatic rings. The van der Waals surface area contributed by atoms with Gasteiger partial charge in [-0.15, -0.1) is 0 Å². The van der Waals surface area contributed by atoms with Crippen LogP contribution < -0.4 is 16.2 Å². The minimum Gasteiger partial charge on any atom is -0.330 e. The number of hydrogen-bond acceptors (Lipinski definition) is 2. The van der Waals surface area contributed by atoms with Crippen LogP contribution in [0.2, 0.25) is 5.02 Å². The Kier molecular flexibility index (Phi) is 4.98. The first-order chi connectivity index (χ1) is 7.49. The number of anilines is 1. The molecule has 0 spiro atoms. The number of thiocarbonyl (C=S) groups is 1. The molecule has 0 saturated heterocycles. The number of halogens is 2. The maximum Gasteiger partial charge on any atom is 0.235 e. The Morgan fingerprint density at radius 2 is 2.12 bits per heavy atom. The Labute approximate surface area is 112 Å². The van der Waals surface area contributed by atoms with Crippen LogP contribution in [0.3, 0.4) is 0 Å². The molecule has 0 saturated carbocycles. The summed E-state index contributed by atoms with van der Waals surface area (Å²) in [5, 5.41) is 3.64. The van der Waals surface area contributed by atoms with Gasteiger partial charge in [0.15, 0.2) is 5.11 Å². The zero-order chi connectivity index (χ0) is 12.1. The molecule has 0 atom stereocenters. The standard InChI is InChI=1S/C9H9BrClN3OS/c1-5(15)13-14-9(16)12-8-3-2-6(10)4-7(8)11/h2-4H,1H3,(H,13,15)(H2,12,14,16). The summed E-state index contributed by atoms with van der Waals surface area (Å²) in [6.45, 7) is 1.38. The monoisotopic (exact) mass is 321 g/mol. The summed E-state index contributed by atoms with van der Waals surface area (Å²) in [6, 6.07) is 5.34. The van der Waals surface area contributed by atoms with Gasteiger partial charge in [0.1, 0.15) is 0 Å². The van der Waals surface area contributed by atoms with Crippen LogP contribution in [0, 0.1) is 0 Å². The van der Waals surface area contributed by atoms with E-state index in [0.29, 0.717) is 10.7 Å². The second-order valence-corrected chi connectivity index (χ2v) is 4.62. The average Bonchev–Trinajstić information content (AvgIpc) is 2.19. The third-order valence-electron chi connectivity index (χ3n) is 1.53. The smallest absolute Gasteiger partial charge is 0.235 e. The van der Waals surface area contributed by atoms with Crippen molar-refractivity contribution in [1.29, 1.82) is 0 Å². The lowest BCUT2D eigenvalue weighted by molar-refractivity contribution is -0.119. The van der Waals surface area contributed by atoms with Crippen molar-refractivity contribution in [3.8, 4) is 0 Å². The summed E-state index contributed by atoms with van der Waals surface area (Å²) in [7, 11) is 0. The maximum absolute atomic E-state index is 10.6. The zero-order valence-corrected chi connectivity index (χ0v) is 11.5. The molecule has 0 heterocycles. The summed E-state index contributed by atoms with van der Waals surface area (Å²) in [5.74, 6) is -0.231. The molecule has 3 N–H and O–H groups in total. The van der Waals surface area contributed by atoms with E-state index in [1.807, 2.05) is 6.07 Å². The Morgan fingerprint density at radius 1 is 1.44 bits per heavy atom. The Balaban J connectivity index is 2.59. The Hall–Kier alpha value is -0.850. The molecule has 0 fully saturated rings. The van der Waals surface area contributed by atoms with E-state index < -0.39 is 0 Å². The van der Waals surface area contributed by atoms with Gasteiger partial charge in [-0.3, -0.25) is 15.6 Å². The first kappa shape index (κ1) is 13.2. The first-order valence-electron chi connectivity index (χ1n) is 4.27. The molecule has 7 heteroatoms. The van der Waals surface area contributed by atoms with Crippen LogP contribution in [-0.2, 0) is 4.79 Å². The fraction of sp³-hybridized carbons (Fsp3) is 0.111. The van der Waals surface area contributed by atoms with Crippen LogP contribution in [0.5, 0.6) is 0 Å². The zero-order valence-electron chi connectivity index (χ0n) is 8.30. The van der Waals surface area contributed by atoms with E-state index in [1.165, 1.54) is 6.92 Å². The van der Waals surface area contributed by atoms with E-state index in [1.54, 1.807) is 12.1 Å². The van der Waals surface area contributed by atoms with Crippen LogP contribution >= 0.6 is 39.7 Å². The predicted molar refractivity (Wildman–Crippen MR) is 72.3 cm³/mol. The summed E-state index contributed by atoms with van der Waals surface area (Å²) in [5.41, 5.74) is 5.53. The second-order valence-electron chi connectivity index (χ2n) is 2.88. The Bertz CT molecular complexity index is 427. The number of amides is 1. The number of nitrogens with one attached hydrogen (secondary N) is 3. The van der Waals surface area contributed by atoms with E-state index >= 15 is 0 Å². The molecule has 1 rings (SSSR count). The summed E-state index contributed by atoms with van der Waals surface area (Å²) < 4.78 is 0.879. The van der Waals surface area contributed by atoms with Gasteiger partial charge in [0, 0.05) is 11.4 Å². The Morgan fingerprint density at radius 3 is 2.69 bits per heavy atom. The normalized spacial score (nSPS) is 9.44. The van der Waals surface area contributed by atoms with E-state index in [-0.39, 0.29) is 11.0 Å². The van der Waals surface area contributed by atoms with Gasteiger partial charge in [-0.2, -0.15) is 0 Å². The summed E-state index contributed by atoms with van der Waals surface area (Å²) in [4.78, 5) is 10.6. The molecule has 86 valence electrons. The molecule has 16 heavy (non-hydrogen) atoms. The number of hydrogen-bond donors (Lipinski definition) is 3. The second kappa shape index (κ2) is 6.03. The number of rotatable bonds is 1. The van der Waals surface area contributed by atoms with Crippen LogP contribution in [0.15, 0.2) is 22.7 Å². The topological polar surface area (TPSA) is 53.2 Å². The lowest BCUT2D eigenvalue weighted by atomic mass is 10.3. The van der Waals surface area contributed by atoms with Crippen LogP contribution in [0.4, 0.5) is 5.69 Å². The van der Waals surface area contributed by atoms with Crippen molar-refractivity contribution in [3.63, 3.8) is 0 Å². The highest BCUT2D eigenvalue weighted by atomic mass is 79.9. The highest BCUT2D eigenvalue weighted by molar-refractivity contribution is 9.10. The molecule has 0 unspecified atom stereocenters. The highest BCUT2D eigenvalue weighted by Crippen LogP contribution is 2.25. The van der Waals surface area contributed by atoms with Crippen molar-refractivity contribution in [2.24, 2.45) is 0 Å². The molecule has 0 aliphatic rings. The van der Waals surface area contributed by atoms with Crippen LogP contribution in [0.1, 0.15) is 6.92 Å². The van der Waals surface area contributed by atoms with Crippen molar-refractivity contribution >= 4 is 56.5 Å². The molecule has 0 bridgehead atoms. The lowest BCUT2D eigenvalue weighted by Gasteiger charge is -2.11. The van der Waals surface area contributed by atoms with Crippen molar-refractivity contribution in [1.82, 2.24) is 10.9 Å². The number of benzene rings is 1. The third-order valence-corrected chi connectivity index (χ3v) is 2.54. The molecule has 0 aromatic heterocycles. The maximum atomic E-state index is 10.6. The molecule has 0 radical (unpaired) electrons. The highest BCUT2D eigenvalue weighted by Gasteiger charge is 2.03. The van der Waals surface area contributed by atoms with E-state index in [0.717, 1.165) is 4.47 Å². The summed E-state index contributed by atoms with van der Waals surface area (Å²) in [6.07, 6.45) is 0. The molecule has 1 aromatic carbocycles. The molecule has 4 nitrogen and oxygen atoms in total. The predicted octanol–water partition coefficient (Wildman–Crippen LogP) is 2.44. The van der Waals surface area contributed by atoms with E-state index in [9.17, 15) is 4.79 Å². The fourth-order valence-electron chi connectivity index (χ4n) is 0.889. The van der Waals surface area contributed by atoms with Gasteiger partial charge in [-0.1, -0.05) is 27.5 Å². The number of hydrazine groups is 1. The van der Waals surface area contributed by atoms with E-state index in [2.05, 4.69) is 32.1 Å². The third kappa shape index (κ3) is 4.34. The van der Waals surface area contributed by atoms with Crippen molar-refractivity contribution in [2.75, 3.05) is 5.32 Å². The number of carbonyl (C=O) groups excluding carboxylic acids is 1. The van der Waals surface area contributed by atoms with Crippen molar-refractivity contribution in [2.45, 2.75) is 6.92 Å². The van der Waals surface area contributed by atoms with Gasteiger partial charge in [0.05, 0.1) is 10.7 Å². The summed E-state index contributed by atoms with van der Waals surface area (Å²) >= 11 is 14.2. The molecular weight excluding hydrogens is 314 g/mol. The van der Waals surface area contributed by atoms with Gasteiger partial charge in [-0.05, 0) is 30.4 Å². The molecule has 0 aliphatic carbocycles. The van der Waals surface area contributed by atoms with Crippen molar-refractivity contribution < 1.29 is 4.79 Å².